The second kappa shape index (κ2) is 6.29. The zero-order valence-corrected chi connectivity index (χ0v) is 13.7. The molecule has 1 heterocycles. The maximum atomic E-state index is 6.43. The van der Waals surface area contributed by atoms with Crippen LogP contribution in [0.15, 0.2) is 24.3 Å². The van der Waals surface area contributed by atoms with Gasteiger partial charge in [-0.05, 0) is 49.1 Å². The molecule has 0 saturated heterocycles. The fourth-order valence-electron chi connectivity index (χ4n) is 2.98. The SMILES string of the molecule is CC(C)Cc1ccc(C(N)c2nc3c(s2)CCCC3)cc1. The van der Waals surface area contributed by atoms with Crippen LogP contribution in [-0.4, -0.2) is 4.98 Å². The van der Waals surface area contributed by atoms with E-state index in [2.05, 4.69) is 38.1 Å². The average molecular weight is 300 g/mol. The molecular formula is C18H24N2S. The Hall–Kier alpha value is -1.19. The van der Waals surface area contributed by atoms with Crippen LogP contribution >= 0.6 is 11.3 Å². The van der Waals surface area contributed by atoms with E-state index in [0.29, 0.717) is 5.92 Å². The quantitative estimate of drug-likeness (QED) is 0.916. The molecule has 3 heteroatoms. The predicted molar refractivity (Wildman–Crippen MR) is 89.8 cm³/mol. The highest BCUT2D eigenvalue weighted by Crippen LogP contribution is 2.31. The maximum Gasteiger partial charge on any atom is 0.114 e. The zero-order chi connectivity index (χ0) is 14.8. The van der Waals surface area contributed by atoms with E-state index < -0.39 is 0 Å². The van der Waals surface area contributed by atoms with Gasteiger partial charge in [0.1, 0.15) is 5.01 Å². The molecule has 0 radical (unpaired) electrons. The average Bonchev–Trinajstić information content (AvgIpc) is 2.90. The lowest BCUT2D eigenvalue weighted by molar-refractivity contribution is 0.647. The molecule has 2 nitrogen and oxygen atoms in total. The van der Waals surface area contributed by atoms with Gasteiger partial charge in [-0.25, -0.2) is 4.98 Å². The first-order chi connectivity index (χ1) is 10.1. The molecule has 0 aliphatic heterocycles. The van der Waals surface area contributed by atoms with E-state index in [9.17, 15) is 0 Å². The largest absolute Gasteiger partial charge is 0.318 e. The van der Waals surface area contributed by atoms with Gasteiger partial charge in [-0.2, -0.15) is 0 Å². The van der Waals surface area contributed by atoms with Crippen molar-refractivity contribution in [2.45, 2.75) is 52.0 Å². The molecule has 0 fully saturated rings. The van der Waals surface area contributed by atoms with Gasteiger partial charge in [-0.1, -0.05) is 38.1 Å². The number of nitrogens with zero attached hydrogens (tertiary/aromatic N) is 1. The molecule has 21 heavy (non-hydrogen) atoms. The number of hydrogen-bond donors (Lipinski definition) is 1. The summed E-state index contributed by atoms with van der Waals surface area (Å²) in [6.07, 6.45) is 6.02. The molecule has 1 unspecified atom stereocenters. The summed E-state index contributed by atoms with van der Waals surface area (Å²) >= 11 is 1.82. The highest BCUT2D eigenvalue weighted by molar-refractivity contribution is 7.11. The van der Waals surface area contributed by atoms with Crippen LogP contribution in [0, 0.1) is 5.92 Å². The minimum Gasteiger partial charge on any atom is -0.318 e. The van der Waals surface area contributed by atoms with Crippen molar-refractivity contribution < 1.29 is 0 Å². The van der Waals surface area contributed by atoms with Crippen molar-refractivity contribution in [3.05, 3.63) is 51.0 Å². The van der Waals surface area contributed by atoms with E-state index in [0.717, 1.165) is 17.8 Å². The van der Waals surface area contributed by atoms with Crippen LogP contribution in [0.4, 0.5) is 0 Å². The zero-order valence-electron chi connectivity index (χ0n) is 12.9. The number of thiazole rings is 1. The van der Waals surface area contributed by atoms with Crippen LogP contribution in [0.1, 0.15) is 59.4 Å². The third kappa shape index (κ3) is 3.35. The van der Waals surface area contributed by atoms with Gasteiger partial charge in [0, 0.05) is 4.88 Å². The van der Waals surface area contributed by atoms with E-state index in [1.54, 1.807) is 0 Å². The minimum atomic E-state index is -0.0753. The second-order valence-corrected chi connectivity index (χ2v) is 7.56. The van der Waals surface area contributed by atoms with E-state index in [4.69, 9.17) is 10.7 Å². The Morgan fingerprint density at radius 1 is 1.14 bits per heavy atom. The summed E-state index contributed by atoms with van der Waals surface area (Å²) in [5.74, 6) is 0.690. The van der Waals surface area contributed by atoms with E-state index >= 15 is 0 Å². The van der Waals surface area contributed by atoms with Crippen LogP contribution in [0.3, 0.4) is 0 Å². The number of aryl methyl sites for hydroxylation is 2. The lowest BCUT2D eigenvalue weighted by atomic mass is 10.00. The normalized spacial score (nSPS) is 16.0. The molecule has 0 amide bonds. The van der Waals surface area contributed by atoms with Gasteiger partial charge in [0.2, 0.25) is 0 Å². The summed E-state index contributed by atoms with van der Waals surface area (Å²) in [5.41, 5.74) is 10.3. The third-order valence-electron chi connectivity index (χ3n) is 4.11. The van der Waals surface area contributed by atoms with E-state index in [-0.39, 0.29) is 6.04 Å². The van der Waals surface area contributed by atoms with Crippen molar-refractivity contribution in [1.29, 1.82) is 0 Å². The molecule has 112 valence electrons. The predicted octanol–water partition coefficient (Wildman–Crippen LogP) is 4.27. The summed E-state index contributed by atoms with van der Waals surface area (Å²) < 4.78 is 0. The van der Waals surface area contributed by atoms with Crippen molar-refractivity contribution in [2.75, 3.05) is 0 Å². The second-order valence-electron chi connectivity index (χ2n) is 6.45. The Morgan fingerprint density at radius 3 is 2.52 bits per heavy atom. The summed E-state index contributed by atoms with van der Waals surface area (Å²) in [6.45, 7) is 4.50. The van der Waals surface area contributed by atoms with Crippen LogP contribution in [0.5, 0.6) is 0 Å². The van der Waals surface area contributed by atoms with Gasteiger partial charge in [0.05, 0.1) is 11.7 Å². The Kier molecular flexibility index (Phi) is 4.41. The Morgan fingerprint density at radius 2 is 1.86 bits per heavy atom. The maximum absolute atomic E-state index is 6.43. The van der Waals surface area contributed by atoms with E-state index in [1.807, 2.05) is 11.3 Å². The van der Waals surface area contributed by atoms with Gasteiger partial charge >= 0.3 is 0 Å². The molecule has 1 aromatic carbocycles. The standard InChI is InChI=1S/C18H24N2S/c1-12(2)11-13-7-9-14(10-8-13)17(19)18-20-15-5-3-4-6-16(15)21-18/h7-10,12,17H,3-6,11,19H2,1-2H3. The Balaban J connectivity index is 1.78. The third-order valence-corrected chi connectivity index (χ3v) is 5.35. The molecule has 0 saturated carbocycles. The van der Waals surface area contributed by atoms with Gasteiger partial charge in [-0.15, -0.1) is 11.3 Å². The van der Waals surface area contributed by atoms with Gasteiger partial charge in [0.15, 0.2) is 0 Å². The molecule has 1 aliphatic rings. The van der Waals surface area contributed by atoms with Crippen LogP contribution < -0.4 is 5.73 Å². The smallest absolute Gasteiger partial charge is 0.114 e. The number of benzene rings is 1. The van der Waals surface area contributed by atoms with Gasteiger partial charge < -0.3 is 5.73 Å². The number of hydrogen-bond acceptors (Lipinski definition) is 3. The first-order valence-electron chi connectivity index (χ1n) is 7.96. The number of fused-ring (bicyclic) bond motifs is 1. The summed E-state index contributed by atoms with van der Waals surface area (Å²) in [4.78, 5) is 6.25. The van der Waals surface area contributed by atoms with Crippen molar-refractivity contribution >= 4 is 11.3 Å². The van der Waals surface area contributed by atoms with Crippen LogP contribution in [0.2, 0.25) is 0 Å². The fourth-order valence-corrected chi connectivity index (χ4v) is 4.16. The number of nitrogens with two attached hydrogens (primary N) is 1. The van der Waals surface area contributed by atoms with Crippen molar-refractivity contribution in [3.8, 4) is 0 Å². The van der Waals surface area contributed by atoms with Crippen LogP contribution in [-0.2, 0) is 19.3 Å². The van der Waals surface area contributed by atoms with Gasteiger partial charge in [-0.3, -0.25) is 0 Å². The topological polar surface area (TPSA) is 38.9 Å². The van der Waals surface area contributed by atoms with Gasteiger partial charge in [0.25, 0.3) is 0 Å². The monoisotopic (exact) mass is 300 g/mol. The summed E-state index contributed by atoms with van der Waals surface area (Å²) in [6, 6.07) is 8.69. The summed E-state index contributed by atoms with van der Waals surface area (Å²) in [7, 11) is 0. The molecule has 2 aromatic rings. The minimum absolute atomic E-state index is 0.0753. The molecule has 1 atom stereocenters. The molecule has 1 aliphatic carbocycles. The molecule has 0 spiro atoms. The first kappa shape index (κ1) is 14.7. The molecule has 2 N–H and O–H groups in total. The molecule has 1 aromatic heterocycles. The molecule has 3 rings (SSSR count). The van der Waals surface area contributed by atoms with Crippen molar-refractivity contribution in [1.82, 2.24) is 4.98 Å². The summed E-state index contributed by atoms with van der Waals surface area (Å²) in [5, 5.41) is 1.08. The van der Waals surface area contributed by atoms with E-state index in [1.165, 1.54) is 41.0 Å². The van der Waals surface area contributed by atoms with Crippen molar-refractivity contribution in [3.63, 3.8) is 0 Å². The van der Waals surface area contributed by atoms with Crippen LogP contribution in [0.25, 0.3) is 0 Å². The fraction of sp³-hybridized carbons (Fsp3) is 0.500. The first-order valence-corrected chi connectivity index (χ1v) is 8.78. The lowest BCUT2D eigenvalue weighted by Crippen LogP contribution is -2.11. The lowest BCUT2D eigenvalue weighted by Gasteiger charge is -2.11. The Labute approximate surface area is 131 Å². The highest BCUT2D eigenvalue weighted by Gasteiger charge is 2.19. The molecular weight excluding hydrogens is 276 g/mol. The number of aromatic nitrogens is 1. The molecule has 0 bridgehead atoms. The van der Waals surface area contributed by atoms with Crippen molar-refractivity contribution in [2.24, 2.45) is 11.7 Å². The highest BCUT2D eigenvalue weighted by atomic mass is 32.1. The Bertz CT molecular complexity index is 575. The number of rotatable bonds is 4.